The summed E-state index contributed by atoms with van der Waals surface area (Å²) in [6, 6.07) is 2.00. The van der Waals surface area contributed by atoms with Crippen molar-refractivity contribution in [2.24, 2.45) is 0 Å². The van der Waals surface area contributed by atoms with Crippen LogP contribution in [0.2, 0.25) is 0 Å². The van der Waals surface area contributed by atoms with Gasteiger partial charge in [-0.2, -0.15) is 0 Å². The van der Waals surface area contributed by atoms with Crippen molar-refractivity contribution >= 4 is 5.91 Å². The molecule has 2 rings (SSSR count). The predicted molar refractivity (Wildman–Crippen MR) is 61.1 cm³/mol. The molecule has 1 amide bonds. The van der Waals surface area contributed by atoms with Gasteiger partial charge in [0, 0.05) is 25.0 Å². The first-order valence-electron chi connectivity index (χ1n) is 5.75. The minimum Gasteiger partial charge on any atom is -0.393 e. The van der Waals surface area contributed by atoms with Crippen LogP contribution in [0, 0.1) is 6.92 Å². The van der Waals surface area contributed by atoms with Crippen LogP contribution in [-0.4, -0.2) is 40.1 Å². The van der Waals surface area contributed by atoms with Gasteiger partial charge in [-0.15, -0.1) is 0 Å². The number of aliphatic hydroxyl groups excluding tert-OH is 1. The summed E-state index contributed by atoms with van der Waals surface area (Å²) in [4.78, 5) is 16.8. The van der Waals surface area contributed by atoms with Crippen LogP contribution in [-0.2, 0) is 11.2 Å². The van der Waals surface area contributed by atoms with Gasteiger partial charge in [0.1, 0.15) is 0 Å². The van der Waals surface area contributed by atoms with Gasteiger partial charge in [0.2, 0.25) is 5.91 Å². The van der Waals surface area contributed by atoms with Crippen molar-refractivity contribution < 1.29 is 9.90 Å². The zero-order chi connectivity index (χ0) is 11.5. The van der Waals surface area contributed by atoms with E-state index in [4.69, 9.17) is 0 Å². The number of aromatic nitrogens is 1. The van der Waals surface area contributed by atoms with Crippen LogP contribution in [0.5, 0.6) is 0 Å². The lowest BCUT2D eigenvalue weighted by atomic mass is 10.1. The van der Waals surface area contributed by atoms with Gasteiger partial charge in [0.25, 0.3) is 0 Å². The first kappa shape index (κ1) is 11.2. The Bertz CT molecular complexity index is 365. The van der Waals surface area contributed by atoms with E-state index < -0.39 is 0 Å². The molecule has 88 valence electrons. The summed E-state index contributed by atoms with van der Waals surface area (Å²) in [7, 11) is 0. The molecule has 1 fully saturated rings. The fraction of sp³-hybridized carbons (Fsp3) is 0.583. The molecule has 0 atom stereocenters. The molecule has 16 heavy (non-hydrogen) atoms. The van der Waals surface area contributed by atoms with Gasteiger partial charge >= 0.3 is 0 Å². The van der Waals surface area contributed by atoms with E-state index in [1.54, 1.807) is 0 Å². The van der Waals surface area contributed by atoms with E-state index in [2.05, 4.69) is 4.98 Å². The smallest absolute Gasteiger partial charge is 0.227 e. The van der Waals surface area contributed by atoms with E-state index in [1.165, 1.54) is 0 Å². The summed E-state index contributed by atoms with van der Waals surface area (Å²) in [5.74, 6) is 0.158. The van der Waals surface area contributed by atoms with Crippen LogP contribution in [0.25, 0.3) is 0 Å². The summed E-state index contributed by atoms with van der Waals surface area (Å²) in [6.07, 6.45) is 3.53. The third-order valence-electron chi connectivity index (χ3n) is 3.06. The molecule has 0 saturated carbocycles. The number of carbonyl (C=O) groups is 1. The lowest BCUT2D eigenvalue weighted by molar-refractivity contribution is -0.132. The quantitative estimate of drug-likeness (QED) is 0.779. The summed E-state index contributed by atoms with van der Waals surface area (Å²) >= 11 is 0. The summed E-state index contributed by atoms with van der Waals surface area (Å²) in [5, 5.41) is 9.36. The molecule has 0 bridgehead atoms. The van der Waals surface area contributed by atoms with Crippen LogP contribution in [0.15, 0.2) is 12.3 Å². The van der Waals surface area contributed by atoms with Crippen molar-refractivity contribution in [1.29, 1.82) is 0 Å². The van der Waals surface area contributed by atoms with Gasteiger partial charge in [0.05, 0.1) is 12.5 Å². The second-order valence-corrected chi connectivity index (χ2v) is 4.48. The molecule has 0 radical (unpaired) electrons. The molecule has 1 aliphatic heterocycles. The molecule has 2 heterocycles. The number of piperidine rings is 1. The minimum atomic E-state index is -0.224. The number of amides is 1. The molecule has 4 heteroatoms. The topological polar surface area (TPSA) is 56.3 Å². The highest BCUT2D eigenvalue weighted by Gasteiger charge is 2.21. The van der Waals surface area contributed by atoms with Crippen molar-refractivity contribution in [3.63, 3.8) is 0 Å². The molecular formula is C12H18N2O2. The van der Waals surface area contributed by atoms with Crippen molar-refractivity contribution in [3.8, 4) is 0 Å². The summed E-state index contributed by atoms with van der Waals surface area (Å²) < 4.78 is 0. The Labute approximate surface area is 95.3 Å². The Morgan fingerprint density at radius 3 is 2.81 bits per heavy atom. The maximum Gasteiger partial charge on any atom is 0.227 e. The number of carbonyl (C=O) groups excluding carboxylic acids is 1. The van der Waals surface area contributed by atoms with Crippen molar-refractivity contribution in [2.45, 2.75) is 32.3 Å². The third-order valence-corrected chi connectivity index (χ3v) is 3.06. The van der Waals surface area contributed by atoms with Crippen molar-refractivity contribution in [3.05, 3.63) is 23.5 Å². The molecule has 0 aromatic carbocycles. The van der Waals surface area contributed by atoms with Crippen LogP contribution in [0.1, 0.15) is 24.1 Å². The van der Waals surface area contributed by atoms with Gasteiger partial charge in [-0.1, -0.05) is 0 Å². The van der Waals surface area contributed by atoms with Gasteiger partial charge in [-0.05, 0) is 31.4 Å². The van der Waals surface area contributed by atoms with Crippen LogP contribution in [0.3, 0.4) is 0 Å². The molecule has 0 unspecified atom stereocenters. The number of nitrogens with zero attached hydrogens (tertiary/aromatic N) is 1. The van der Waals surface area contributed by atoms with E-state index in [-0.39, 0.29) is 12.0 Å². The number of aliphatic hydroxyl groups is 1. The van der Waals surface area contributed by atoms with Crippen LogP contribution >= 0.6 is 0 Å². The second kappa shape index (κ2) is 4.70. The molecular weight excluding hydrogens is 204 g/mol. The largest absolute Gasteiger partial charge is 0.393 e. The number of hydrogen-bond acceptors (Lipinski definition) is 2. The Hall–Kier alpha value is -1.29. The SMILES string of the molecule is Cc1cc(CC(=O)N2CCC(O)CC2)c[nH]1. The minimum absolute atomic E-state index is 0.158. The van der Waals surface area contributed by atoms with Gasteiger partial charge in [-0.3, -0.25) is 4.79 Å². The Morgan fingerprint density at radius 1 is 1.56 bits per heavy atom. The maximum absolute atomic E-state index is 11.9. The molecule has 2 N–H and O–H groups in total. The monoisotopic (exact) mass is 222 g/mol. The Morgan fingerprint density at radius 2 is 2.25 bits per heavy atom. The molecule has 0 spiro atoms. The van der Waals surface area contributed by atoms with Gasteiger partial charge in [0.15, 0.2) is 0 Å². The molecule has 1 aromatic rings. The first-order valence-corrected chi connectivity index (χ1v) is 5.75. The number of H-pyrrole nitrogens is 1. The molecule has 1 aliphatic rings. The fourth-order valence-electron chi connectivity index (χ4n) is 2.07. The Kier molecular flexibility index (Phi) is 3.29. The highest BCUT2D eigenvalue weighted by Crippen LogP contribution is 2.12. The number of likely N-dealkylation sites (tertiary alicyclic amines) is 1. The zero-order valence-electron chi connectivity index (χ0n) is 9.57. The number of hydrogen-bond donors (Lipinski definition) is 2. The first-order chi connectivity index (χ1) is 7.65. The average Bonchev–Trinajstić information content (AvgIpc) is 2.65. The number of rotatable bonds is 2. The van der Waals surface area contributed by atoms with E-state index in [9.17, 15) is 9.90 Å². The van der Waals surface area contributed by atoms with Crippen molar-refractivity contribution in [2.75, 3.05) is 13.1 Å². The maximum atomic E-state index is 11.9. The van der Waals surface area contributed by atoms with Crippen LogP contribution in [0.4, 0.5) is 0 Å². The molecule has 1 aromatic heterocycles. The number of aromatic amines is 1. The van der Waals surface area contributed by atoms with E-state index >= 15 is 0 Å². The summed E-state index contributed by atoms with van der Waals surface area (Å²) in [5.41, 5.74) is 2.12. The van der Waals surface area contributed by atoms with Gasteiger partial charge < -0.3 is 15.0 Å². The Balaban J connectivity index is 1.88. The highest BCUT2D eigenvalue weighted by molar-refractivity contribution is 5.78. The van der Waals surface area contributed by atoms with E-state index in [1.807, 2.05) is 24.1 Å². The van der Waals surface area contributed by atoms with E-state index in [0.29, 0.717) is 32.4 Å². The van der Waals surface area contributed by atoms with Crippen molar-refractivity contribution in [1.82, 2.24) is 9.88 Å². The molecule has 1 saturated heterocycles. The second-order valence-electron chi connectivity index (χ2n) is 4.48. The summed E-state index contributed by atoms with van der Waals surface area (Å²) in [6.45, 7) is 3.35. The van der Waals surface area contributed by atoms with Gasteiger partial charge in [-0.25, -0.2) is 0 Å². The van der Waals surface area contributed by atoms with Crippen LogP contribution < -0.4 is 0 Å². The predicted octanol–water partition coefficient (Wildman–Crippen LogP) is 0.849. The lowest BCUT2D eigenvalue weighted by Crippen LogP contribution is -2.40. The normalized spacial score (nSPS) is 17.8. The third kappa shape index (κ3) is 2.64. The zero-order valence-corrected chi connectivity index (χ0v) is 9.57. The average molecular weight is 222 g/mol. The molecule has 4 nitrogen and oxygen atoms in total. The molecule has 0 aliphatic carbocycles. The number of nitrogens with one attached hydrogen (secondary N) is 1. The number of aryl methyl sites for hydroxylation is 1. The lowest BCUT2D eigenvalue weighted by Gasteiger charge is -2.29. The fourth-order valence-corrected chi connectivity index (χ4v) is 2.07. The highest BCUT2D eigenvalue weighted by atomic mass is 16.3. The standard InChI is InChI=1S/C12H18N2O2/c1-9-6-10(8-13-9)7-12(16)14-4-2-11(15)3-5-14/h6,8,11,13,15H,2-5,7H2,1H3. The van der Waals surface area contributed by atoms with E-state index in [0.717, 1.165) is 11.3 Å².